The normalized spacial score (nSPS) is 13.4. The van der Waals surface area contributed by atoms with Crippen molar-refractivity contribution in [3.63, 3.8) is 0 Å². The molecule has 0 spiro atoms. The quantitative estimate of drug-likeness (QED) is 0.472. The van der Waals surface area contributed by atoms with E-state index in [1.165, 1.54) is 13.2 Å². The highest BCUT2D eigenvalue weighted by molar-refractivity contribution is 5.74. The molecule has 0 unspecified atom stereocenters. The number of benzene rings is 1. The summed E-state index contributed by atoms with van der Waals surface area (Å²) in [5.74, 6) is -4.35. The van der Waals surface area contributed by atoms with Gasteiger partial charge in [-0.15, -0.1) is 13.2 Å². The number of nitrogens with one attached hydrogen (secondary N) is 1. The van der Waals surface area contributed by atoms with Gasteiger partial charge in [-0.3, -0.25) is 4.79 Å². The van der Waals surface area contributed by atoms with Gasteiger partial charge in [0.2, 0.25) is 0 Å². The standard InChI is InChI=1S/C19H25F2NO3/c1-5-8-16(18(23)25-7-3)17(19(20,21)13-6-2)22-14-9-11-15(24-4)12-10-14/h5-6,9-12,16-17,22H,1-2,7-8,13H2,3-4H3/t16-,17+/m1/s1. The topological polar surface area (TPSA) is 47.6 Å². The lowest BCUT2D eigenvalue weighted by atomic mass is 9.89. The Morgan fingerprint density at radius 2 is 1.92 bits per heavy atom. The van der Waals surface area contributed by atoms with Crippen LogP contribution < -0.4 is 10.1 Å². The molecular weight excluding hydrogens is 328 g/mol. The molecule has 1 N–H and O–H groups in total. The zero-order valence-corrected chi connectivity index (χ0v) is 14.6. The molecule has 25 heavy (non-hydrogen) atoms. The number of esters is 1. The third kappa shape index (κ3) is 5.89. The Morgan fingerprint density at radius 1 is 1.28 bits per heavy atom. The van der Waals surface area contributed by atoms with Crippen molar-refractivity contribution in [2.75, 3.05) is 19.0 Å². The van der Waals surface area contributed by atoms with Crippen molar-refractivity contribution in [2.24, 2.45) is 5.92 Å². The van der Waals surface area contributed by atoms with E-state index in [4.69, 9.17) is 9.47 Å². The Labute approximate surface area is 147 Å². The first-order valence-corrected chi connectivity index (χ1v) is 8.06. The maximum absolute atomic E-state index is 14.7. The molecule has 2 atom stereocenters. The van der Waals surface area contributed by atoms with Crippen LogP contribution in [0.4, 0.5) is 14.5 Å². The van der Waals surface area contributed by atoms with Crippen LogP contribution in [0.1, 0.15) is 19.8 Å². The zero-order chi connectivity index (χ0) is 18.9. The van der Waals surface area contributed by atoms with Gasteiger partial charge < -0.3 is 14.8 Å². The van der Waals surface area contributed by atoms with Crippen molar-refractivity contribution in [3.05, 3.63) is 49.6 Å². The molecule has 1 aromatic rings. The first-order valence-electron chi connectivity index (χ1n) is 8.06. The number of allylic oxidation sites excluding steroid dienone is 2. The molecule has 138 valence electrons. The highest BCUT2D eigenvalue weighted by atomic mass is 19.3. The fourth-order valence-corrected chi connectivity index (χ4v) is 2.48. The van der Waals surface area contributed by atoms with E-state index in [-0.39, 0.29) is 13.0 Å². The first-order chi connectivity index (χ1) is 11.9. The van der Waals surface area contributed by atoms with Gasteiger partial charge in [-0.1, -0.05) is 12.2 Å². The minimum Gasteiger partial charge on any atom is -0.497 e. The number of carbonyl (C=O) groups excluding carboxylic acids is 1. The summed E-state index contributed by atoms with van der Waals surface area (Å²) >= 11 is 0. The molecule has 0 radical (unpaired) electrons. The number of rotatable bonds is 11. The molecule has 0 heterocycles. The van der Waals surface area contributed by atoms with Gasteiger partial charge in [0, 0.05) is 12.1 Å². The molecule has 1 aromatic carbocycles. The molecule has 0 aromatic heterocycles. The minimum absolute atomic E-state index is 0.0688. The van der Waals surface area contributed by atoms with Crippen molar-refractivity contribution < 1.29 is 23.0 Å². The van der Waals surface area contributed by atoms with Crippen molar-refractivity contribution in [2.45, 2.75) is 31.7 Å². The van der Waals surface area contributed by atoms with Gasteiger partial charge >= 0.3 is 5.97 Å². The van der Waals surface area contributed by atoms with Gasteiger partial charge in [-0.2, -0.15) is 0 Å². The summed E-state index contributed by atoms with van der Waals surface area (Å²) in [7, 11) is 1.52. The lowest BCUT2D eigenvalue weighted by Gasteiger charge is -2.33. The van der Waals surface area contributed by atoms with E-state index in [1.54, 1.807) is 31.2 Å². The molecule has 0 amide bonds. The predicted molar refractivity (Wildman–Crippen MR) is 95.1 cm³/mol. The second-order valence-corrected chi connectivity index (χ2v) is 5.49. The minimum atomic E-state index is -3.19. The summed E-state index contributed by atoms with van der Waals surface area (Å²) in [6.45, 7) is 8.71. The summed E-state index contributed by atoms with van der Waals surface area (Å²) in [4.78, 5) is 12.2. The largest absolute Gasteiger partial charge is 0.497 e. The summed E-state index contributed by atoms with van der Waals surface area (Å²) in [6, 6.07) is 5.07. The average Bonchev–Trinajstić information content (AvgIpc) is 2.58. The van der Waals surface area contributed by atoms with Crippen LogP contribution >= 0.6 is 0 Å². The number of anilines is 1. The molecule has 1 rings (SSSR count). The molecule has 6 heteroatoms. The molecule has 0 aliphatic heterocycles. The molecule has 0 fully saturated rings. The Hall–Kier alpha value is -2.37. The van der Waals surface area contributed by atoms with Crippen LogP contribution in [0.3, 0.4) is 0 Å². The molecule has 0 saturated heterocycles. The maximum Gasteiger partial charge on any atom is 0.311 e. The van der Waals surface area contributed by atoms with Crippen molar-refractivity contribution >= 4 is 11.7 Å². The summed E-state index contributed by atoms with van der Waals surface area (Å²) in [5, 5.41) is 2.78. The maximum atomic E-state index is 14.7. The fourth-order valence-electron chi connectivity index (χ4n) is 2.48. The lowest BCUT2D eigenvalue weighted by Crippen LogP contribution is -2.48. The predicted octanol–water partition coefficient (Wildman–Crippen LogP) is 4.44. The van der Waals surface area contributed by atoms with Crippen LogP contribution in [-0.4, -0.2) is 31.7 Å². The molecule has 0 saturated carbocycles. The smallest absolute Gasteiger partial charge is 0.311 e. The van der Waals surface area contributed by atoms with Crippen molar-refractivity contribution in [1.82, 2.24) is 0 Å². The van der Waals surface area contributed by atoms with E-state index in [2.05, 4.69) is 18.5 Å². The van der Waals surface area contributed by atoms with Crippen LogP contribution in [0.2, 0.25) is 0 Å². The van der Waals surface area contributed by atoms with E-state index in [1.807, 2.05) is 0 Å². The second kappa shape index (κ2) is 9.81. The Kier molecular flexibility index (Phi) is 8.11. The third-order valence-corrected chi connectivity index (χ3v) is 3.70. The molecule has 0 aliphatic carbocycles. The van der Waals surface area contributed by atoms with E-state index in [0.717, 1.165) is 6.08 Å². The second-order valence-electron chi connectivity index (χ2n) is 5.49. The van der Waals surface area contributed by atoms with Gasteiger partial charge in [0.1, 0.15) is 11.8 Å². The van der Waals surface area contributed by atoms with Crippen LogP contribution in [0.15, 0.2) is 49.6 Å². The van der Waals surface area contributed by atoms with E-state index in [0.29, 0.717) is 11.4 Å². The SMILES string of the molecule is C=CC[C@@H](C(=O)OCC)[C@H](Nc1ccc(OC)cc1)C(F)(F)CC=C. The van der Waals surface area contributed by atoms with E-state index >= 15 is 0 Å². The fraction of sp³-hybridized carbons (Fsp3) is 0.421. The molecule has 0 aliphatic rings. The highest BCUT2D eigenvalue weighted by Gasteiger charge is 2.46. The number of carbonyl (C=O) groups is 1. The van der Waals surface area contributed by atoms with Gasteiger partial charge in [0.15, 0.2) is 0 Å². The number of halogens is 2. The van der Waals surface area contributed by atoms with Crippen LogP contribution in [0.25, 0.3) is 0 Å². The van der Waals surface area contributed by atoms with Gasteiger partial charge in [0.05, 0.1) is 19.6 Å². The van der Waals surface area contributed by atoms with Crippen LogP contribution in [0, 0.1) is 5.92 Å². The number of methoxy groups -OCH3 is 1. The van der Waals surface area contributed by atoms with Gasteiger partial charge in [-0.25, -0.2) is 8.78 Å². The average molecular weight is 353 g/mol. The van der Waals surface area contributed by atoms with Crippen molar-refractivity contribution in [1.29, 1.82) is 0 Å². The van der Waals surface area contributed by atoms with Crippen molar-refractivity contribution in [3.8, 4) is 5.75 Å². The van der Waals surface area contributed by atoms with Gasteiger partial charge in [0.25, 0.3) is 5.92 Å². The highest BCUT2D eigenvalue weighted by Crippen LogP contribution is 2.33. The third-order valence-electron chi connectivity index (χ3n) is 3.70. The summed E-state index contributed by atoms with van der Waals surface area (Å²) < 4.78 is 39.4. The lowest BCUT2D eigenvalue weighted by molar-refractivity contribution is -0.152. The van der Waals surface area contributed by atoms with E-state index < -0.39 is 30.3 Å². The summed E-state index contributed by atoms with van der Waals surface area (Å²) in [6.07, 6.45) is 2.08. The monoisotopic (exact) mass is 353 g/mol. The van der Waals surface area contributed by atoms with Gasteiger partial charge in [-0.05, 0) is 37.6 Å². The molecule has 0 bridgehead atoms. The number of hydrogen-bond donors (Lipinski definition) is 1. The zero-order valence-electron chi connectivity index (χ0n) is 14.6. The Balaban J connectivity index is 3.17. The molecular formula is C19H25F2NO3. The number of hydrogen-bond acceptors (Lipinski definition) is 4. The number of alkyl halides is 2. The summed E-state index contributed by atoms with van der Waals surface area (Å²) in [5.41, 5.74) is 0.452. The van der Waals surface area contributed by atoms with E-state index in [9.17, 15) is 13.6 Å². The Morgan fingerprint density at radius 3 is 2.40 bits per heavy atom. The molecule has 4 nitrogen and oxygen atoms in total. The Bertz CT molecular complexity index is 573. The van der Waals surface area contributed by atoms with Crippen LogP contribution in [0.5, 0.6) is 5.75 Å². The first kappa shape index (κ1) is 20.7. The number of ether oxygens (including phenoxy) is 2. The van der Waals surface area contributed by atoms with Crippen LogP contribution in [-0.2, 0) is 9.53 Å².